The van der Waals surface area contributed by atoms with Crippen LogP contribution in [0.25, 0.3) is 11.3 Å². The number of benzene rings is 1. The summed E-state index contributed by atoms with van der Waals surface area (Å²) in [6.07, 6.45) is 0. The van der Waals surface area contributed by atoms with Crippen LogP contribution >= 0.6 is 11.5 Å². The molecule has 3 rings (SSSR count). The summed E-state index contributed by atoms with van der Waals surface area (Å²) >= 11 is 1.25. The van der Waals surface area contributed by atoms with Crippen LogP contribution in [0.1, 0.15) is 16.2 Å². The Kier molecular flexibility index (Phi) is 3.88. The molecule has 7 heteroatoms. The average Bonchev–Trinajstić information content (AvgIpc) is 3.16. The first kappa shape index (κ1) is 14.3. The van der Waals surface area contributed by atoms with Gasteiger partial charge in [-0.25, -0.2) is 0 Å². The molecular formula is C15H14N4O2S. The molecule has 0 saturated carbocycles. The molecule has 1 amide bonds. The van der Waals surface area contributed by atoms with Crippen molar-refractivity contribution >= 4 is 22.4 Å². The zero-order valence-electron chi connectivity index (χ0n) is 12.1. The summed E-state index contributed by atoms with van der Waals surface area (Å²) in [7, 11) is 1.60. The summed E-state index contributed by atoms with van der Waals surface area (Å²) in [4.78, 5) is 12.2. The van der Waals surface area contributed by atoms with Gasteiger partial charge in [0, 0.05) is 5.56 Å². The van der Waals surface area contributed by atoms with E-state index in [4.69, 9.17) is 4.74 Å². The Balaban J connectivity index is 1.82. The number of aromatic nitrogens is 3. The average molecular weight is 314 g/mol. The van der Waals surface area contributed by atoms with Crippen molar-refractivity contribution in [2.75, 3.05) is 12.4 Å². The van der Waals surface area contributed by atoms with Crippen LogP contribution in [0.4, 0.5) is 5.00 Å². The number of nitrogens with zero attached hydrogens (tertiary/aromatic N) is 2. The third-order valence-corrected chi connectivity index (χ3v) is 3.87. The van der Waals surface area contributed by atoms with E-state index in [1.165, 1.54) is 11.5 Å². The van der Waals surface area contributed by atoms with Gasteiger partial charge in [0.25, 0.3) is 5.91 Å². The Bertz CT molecular complexity index is 809. The fourth-order valence-corrected chi connectivity index (χ4v) is 2.69. The third-order valence-electron chi connectivity index (χ3n) is 3.07. The largest absolute Gasteiger partial charge is 0.496 e. The van der Waals surface area contributed by atoms with E-state index in [9.17, 15) is 4.79 Å². The molecule has 0 radical (unpaired) electrons. The first-order chi connectivity index (χ1) is 10.7. The summed E-state index contributed by atoms with van der Waals surface area (Å²) in [5.74, 6) is 0.455. The Hall–Kier alpha value is -2.67. The Labute approximate surface area is 131 Å². The molecule has 3 aromatic rings. The minimum atomic E-state index is -0.253. The van der Waals surface area contributed by atoms with Gasteiger partial charge in [-0.15, -0.1) is 0 Å². The minimum Gasteiger partial charge on any atom is -0.496 e. The number of anilines is 1. The van der Waals surface area contributed by atoms with Gasteiger partial charge in [-0.1, -0.05) is 12.1 Å². The molecule has 0 fully saturated rings. The molecule has 0 atom stereocenters. The topological polar surface area (TPSA) is 79.9 Å². The second kappa shape index (κ2) is 5.98. The van der Waals surface area contributed by atoms with Crippen LogP contribution < -0.4 is 10.1 Å². The number of hydrogen-bond acceptors (Lipinski definition) is 5. The van der Waals surface area contributed by atoms with Crippen molar-refractivity contribution in [2.45, 2.75) is 6.92 Å². The molecule has 0 unspecified atom stereocenters. The van der Waals surface area contributed by atoms with E-state index in [1.54, 1.807) is 13.2 Å². The number of rotatable bonds is 4. The lowest BCUT2D eigenvalue weighted by atomic mass is 10.1. The van der Waals surface area contributed by atoms with Crippen LogP contribution in [-0.2, 0) is 0 Å². The highest BCUT2D eigenvalue weighted by molar-refractivity contribution is 7.10. The normalized spacial score (nSPS) is 10.5. The fourth-order valence-electron chi connectivity index (χ4n) is 2.03. The first-order valence-electron chi connectivity index (χ1n) is 6.61. The SMILES string of the molecule is COc1ccccc1-c1cc(C(=O)Nc2cc(C)ns2)[nH]n1. The Morgan fingerprint density at radius 2 is 2.14 bits per heavy atom. The van der Waals surface area contributed by atoms with Gasteiger partial charge in [0.1, 0.15) is 16.4 Å². The number of amides is 1. The van der Waals surface area contributed by atoms with Gasteiger partial charge in [-0.05, 0) is 42.7 Å². The Morgan fingerprint density at radius 3 is 2.86 bits per heavy atom. The zero-order valence-corrected chi connectivity index (χ0v) is 12.9. The lowest BCUT2D eigenvalue weighted by Gasteiger charge is -2.04. The molecule has 2 heterocycles. The lowest BCUT2D eigenvalue weighted by molar-refractivity contribution is 0.102. The maximum absolute atomic E-state index is 12.2. The number of para-hydroxylation sites is 1. The standard InChI is InChI=1S/C15H14N4O2S/c1-9-7-14(22-19-9)16-15(20)12-8-11(17-18-12)10-5-3-4-6-13(10)21-2/h3-8H,1-2H3,(H,16,20)(H,17,18). The number of methoxy groups -OCH3 is 1. The summed E-state index contributed by atoms with van der Waals surface area (Å²) in [6, 6.07) is 11.0. The highest BCUT2D eigenvalue weighted by atomic mass is 32.1. The summed E-state index contributed by atoms with van der Waals surface area (Å²) in [5.41, 5.74) is 2.74. The van der Waals surface area contributed by atoms with Crippen molar-refractivity contribution in [1.29, 1.82) is 0 Å². The monoisotopic (exact) mass is 314 g/mol. The van der Waals surface area contributed by atoms with Gasteiger partial charge in [-0.3, -0.25) is 9.89 Å². The van der Waals surface area contributed by atoms with E-state index in [0.717, 1.165) is 11.3 Å². The van der Waals surface area contributed by atoms with Crippen LogP contribution in [0.5, 0.6) is 5.75 Å². The number of H-pyrrole nitrogens is 1. The third kappa shape index (κ3) is 2.84. The molecule has 6 nitrogen and oxygen atoms in total. The number of carbonyl (C=O) groups is 1. The lowest BCUT2D eigenvalue weighted by Crippen LogP contribution is -2.11. The number of aryl methyl sites for hydroxylation is 1. The van der Waals surface area contributed by atoms with Crippen molar-refractivity contribution in [2.24, 2.45) is 0 Å². The van der Waals surface area contributed by atoms with Gasteiger partial charge in [-0.2, -0.15) is 9.47 Å². The highest BCUT2D eigenvalue weighted by Crippen LogP contribution is 2.28. The van der Waals surface area contributed by atoms with Crippen LogP contribution in [0.3, 0.4) is 0 Å². The second-order valence-electron chi connectivity index (χ2n) is 4.65. The molecular weight excluding hydrogens is 300 g/mol. The smallest absolute Gasteiger partial charge is 0.274 e. The highest BCUT2D eigenvalue weighted by Gasteiger charge is 2.14. The van der Waals surface area contributed by atoms with Gasteiger partial charge >= 0.3 is 0 Å². The molecule has 0 aliphatic heterocycles. The van der Waals surface area contributed by atoms with Crippen LogP contribution in [0.15, 0.2) is 36.4 Å². The Morgan fingerprint density at radius 1 is 1.32 bits per heavy atom. The van der Waals surface area contributed by atoms with E-state index in [0.29, 0.717) is 22.1 Å². The van der Waals surface area contributed by atoms with Crippen molar-refractivity contribution in [3.05, 3.63) is 47.8 Å². The second-order valence-corrected chi connectivity index (χ2v) is 5.46. The molecule has 0 aliphatic rings. The molecule has 0 bridgehead atoms. The number of aromatic amines is 1. The van der Waals surface area contributed by atoms with Gasteiger partial charge in [0.05, 0.1) is 18.5 Å². The van der Waals surface area contributed by atoms with E-state index in [-0.39, 0.29) is 5.91 Å². The molecule has 1 aromatic carbocycles. The van der Waals surface area contributed by atoms with E-state index >= 15 is 0 Å². The molecule has 0 aliphatic carbocycles. The van der Waals surface area contributed by atoms with E-state index in [1.807, 2.05) is 37.3 Å². The first-order valence-corrected chi connectivity index (χ1v) is 7.38. The van der Waals surface area contributed by atoms with Crippen molar-refractivity contribution in [3.63, 3.8) is 0 Å². The maximum atomic E-state index is 12.2. The summed E-state index contributed by atoms with van der Waals surface area (Å²) in [6.45, 7) is 1.88. The quantitative estimate of drug-likeness (QED) is 0.775. The predicted octanol–water partition coefficient (Wildman–Crippen LogP) is 3.10. The van der Waals surface area contributed by atoms with E-state index < -0.39 is 0 Å². The number of nitrogens with one attached hydrogen (secondary N) is 2. The summed E-state index contributed by atoms with van der Waals surface area (Å²) in [5, 5.41) is 10.4. The predicted molar refractivity (Wildman–Crippen MR) is 85.4 cm³/mol. The van der Waals surface area contributed by atoms with E-state index in [2.05, 4.69) is 19.9 Å². The number of hydrogen-bond donors (Lipinski definition) is 2. The van der Waals surface area contributed by atoms with Crippen LogP contribution in [0.2, 0.25) is 0 Å². The molecule has 0 spiro atoms. The van der Waals surface area contributed by atoms with Crippen molar-refractivity contribution in [1.82, 2.24) is 14.6 Å². The number of carbonyl (C=O) groups excluding carboxylic acids is 1. The number of ether oxygens (including phenoxy) is 1. The van der Waals surface area contributed by atoms with Gasteiger partial charge in [0.15, 0.2) is 0 Å². The minimum absolute atomic E-state index is 0.253. The molecule has 112 valence electrons. The van der Waals surface area contributed by atoms with Gasteiger partial charge in [0.2, 0.25) is 0 Å². The van der Waals surface area contributed by atoms with Crippen molar-refractivity contribution in [3.8, 4) is 17.0 Å². The fraction of sp³-hybridized carbons (Fsp3) is 0.133. The molecule has 0 saturated heterocycles. The van der Waals surface area contributed by atoms with Crippen LogP contribution in [-0.4, -0.2) is 27.6 Å². The van der Waals surface area contributed by atoms with Crippen LogP contribution in [0, 0.1) is 6.92 Å². The molecule has 22 heavy (non-hydrogen) atoms. The van der Waals surface area contributed by atoms with Gasteiger partial charge < -0.3 is 10.1 Å². The molecule has 2 aromatic heterocycles. The van der Waals surface area contributed by atoms with Crippen molar-refractivity contribution < 1.29 is 9.53 Å². The summed E-state index contributed by atoms with van der Waals surface area (Å²) < 4.78 is 9.43. The zero-order chi connectivity index (χ0) is 15.5. The molecule has 2 N–H and O–H groups in total. The maximum Gasteiger partial charge on any atom is 0.274 e.